The van der Waals surface area contributed by atoms with Crippen LogP contribution in [-0.2, 0) is 22.4 Å². The predicted molar refractivity (Wildman–Crippen MR) is 69.3 cm³/mol. The first-order valence-electron chi connectivity index (χ1n) is 5.55. The molecule has 0 saturated heterocycles. The second-order valence-electron chi connectivity index (χ2n) is 5.73. The Bertz CT molecular complexity index is 244. The van der Waals surface area contributed by atoms with Crippen LogP contribution >= 0.6 is 0 Å². The van der Waals surface area contributed by atoms with Crippen molar-refractivity contribution >= 4 is 5.78 Å². The molecule has 0 atom stereocenters. The van der Waals surface area contributed by atoms with E-state index in [4.69, 9.17) is 5.11 Å². The minimum atomic E-state index is -0.306. The monoisotopic (exact) mass is 324 g/mol. The fourth-order valence-electron chi connectivity index (χ4n) is 0.563. The van der Waals surface area contributed by atoms with E-state index in [1.807, 2.05) is 41.5 Å². The number of aliphatic hydroxyl groups is 2. The number of rotatable bonds is 1. The Morgan fingerprint density at radius 2 is 1.35 bits per heavy atom. The van der Waals surface area contributed by atoms with Crippen molar-refractivity contribution in [3.8, 4) is 0 Å². The summed E-state index contributed by atoms with van der Waals surface area (Å²) in [4.78, 5) is 9.60. The molecule has 0 aliphatic rings. The van der Waals surface area contributed by atoms with E-state index in [1.54, 1.807) is 6.92 Å². The Balaban J connectivity index is -0.000000440. The standard InChI is InChI=1S/C11H20O2.C2H6O.Nb/c1-10(2,3)8(12)7-9(13)11(4,5)6;1-2-3;/h7,12H,1-6H3;3H,2H2,1H3;/p+1/b8-7-;;. The van der Waals surface area contributed by atoms with Gasteiger partial charge in [0.1, 0.15) is 5.76 Å². The van der Waals surface area contributed by atoms with Gasteiger partial charge < -0.3 is 10.2 Å². The van der Waals surface area contributed by atoms with Crippen LogP contribution in [0, 0.1) is 10.8 Å². The summed E-state index contributed by atoms with van der Waals surface area (Å²) in [7, 11) is 0. The van der Waals surface area contributed by atoms with Gasteiger partial charge in [-0.15, -0.1) is 0 Å². The number of carbonyl (C=O) groups excluding carboxylic acids is 1. The average molecular weight is 324 g/mol. The van der Waals surface area contributed by atoms with Crippen LogP contribution in [0.5, 0.6) is 0 Å². The summed E-state index contributed by atoms with van der Waals surface area (Å²) in [6, 6.07) is 0. The van der Waals surface area contributed by atoms with E-state index in [0.717, 1.165) is 0 Å². The van der Waals surface area contributed by atoms with Crippen molar-refractivity contribution in [3.05, 3.63) is 11.8 Å². The summed E-state index contributed by atoms with van der Waals surface area (Å²) < 4.78 is 0. The Labute approximate surface area is 121 Å². The van der Waals surface area contributed by atoms with Gasteiger partial charge in [-0.2, -0.15) is 0 Å². The second kappa shape index (κ2) is 8.92. The molecule has 101 valence electrons. The van der Waals surface area contributed by atoms with Crippen LogP contribution in [-0.4, -0.2) is 27.4 Å². The molecule has 1 radical (unpaired) electrons. The van der Waals surface area contributed by atoms with Gasteiger partial charge in [0, 0.05) is 34.4 Å². The molecule has 0 heterocycles. The quantitative estimate of drug-likeness (QED) is 0.337. The molecule has 0 unspecified atom stereocenters. The maximum Gasteiger partial charge on any atom is 0.325 e. The maximum atomic E-state index is 9.60. The van der Waals surface area contributed by atoms with Crippen molar-refractivity contribution in [2.24, 2.45) is 10.8 Å². The summed E-state index contributed by atoms with van der Waals surface area (Å²) in [5, 5.41) is 17.2. The normalized spacial score (nSPS) is 12.1. The molecule has 0 aromatic rings. The Morgan fingerprint density at radius 3 is 1.53 bits per heavy atom. The molecular formula is C13H27NbO3+. The van der Waals surface area contributed by atoms with Crippen molar-refractivity contribution in [3.63, 3.8) is 0 Å². The summed E-state index contributed by atoms with van der Waals surface area (Å²) in [5.74, 6) is 0.417. The third-order valence-electron chi connectivity index (χ3n) is 1.81. The fourth-order valence-corrected chi connectivity index (χ4v) is 0.563. The molecule has 17 heavy (non-hydrogen) atoms. The number of ketones is 1. The smallest absolute Gasteiger partial charge is 0.325 e. The molecule has 0 aromatic carbocycles. The van der Waals surface area contributed by atoms with E-state index in [0.29, 0.717) is 0 Å². The molecule has 0 bridgehead atoms. The first kappa shape index (κ1) is 22.1. The number of aliphatic hydroxyl groups excluding tert-OH is 2. The zero-order chi connectivity index (χ0) is 13.6. The van der Waals surface area contributed by atoms with Gasteiger partial charge in [-0.25, -0.2) is 0 Å². The van der Waals surface area contributed by atoms with Gasteiger partial charge in [0.25, 0.3) is 0 Å². The van der Waals surface area contributed by atoms with Gasteiger partial charge in [-0.05, 0) is 27.7 Å². The van der Waals surface area contributed by atoms with Gasteiger partial charge in [-0.1, -0.05) is 20.8 Å². The molecule has 0 fully saturated rings. The summed E-state index contributed by atoms with van der Waals surface area (Å²) in [6.07, 6.45) is 1.44. The van der Waals surface area contributed by atoms with Gasteiger partial charge in [-0.3, -0.25) is 4.79 Å². The summed E-state index contributed by atoms with van der Waals surface area (Å²) in [5.41, 5.74) is -0.613. The molecule has 3 N–H and O–H groups in total. The number of hydrogen-bond acceptors (Lipinski definition) is 2. The van der Waals surface area contributed by atoms with Crippen LogP contribution < -0.4 is 0 Å². The van der Waals surface area contributed by atoms with Crippen LogP contribution in [0.15, 0.2) is 11.8 Å². The van der Waals surface area contributed by atoms with Crippen molar-refractivity contribution in [2.45, 2.75) is 48.5 Å². The Hall–Kier alpha value is -0.0897. The van der Waals surface area contributed by atoms with Crippen molar-refractivity contribution in [2.75, 3.05) is 6.61 Å². The molecule has 0 aromatic heterocycles. The van der Waals surface area contributed by atoms with Crippen molar-refractivity contribution in [1.82, 2.24) is 0 Å². The molecule has 0 amide bonds. The maximum absolute atomic E-state index is 9.60. The SMILES string of the molecule is CC(C)(C)C(=[OH+])/C=C(\O)C(C)(C)C.CCO.[Nb]. The van der Waals surface area contributed by atoms with E-state index in [-0.39, 0.29) is 51.4 Å². The molecule has 0 rings (SSSR count). The molecule has 0 aliphatic carbocycles. The van der Waals surface area contributed by atoms with Gasteiger partial charge in [0.15, 0.2) is 0 Å². The Morgan fingerprint density at radius 1 is 1.06 bits per heavy atom. The van der Waals surface area contributed by atoms with E-state index < -0.39 is 0 Å². The van der Waals surface area contributed by atoms with E-state index in [9.17, 15) is 9.90 Å². The van der Waals surface area contributed by atoms with E-state index in [1.165, 1.54) is 6.08 Å². The average Bonchev–Trinajstić information content (AvgIpc) is 2.01. The molecule has 0 saturated carbocycles. The van der Waals surface area contributed by atoms with E-state index in [2.05, 4.69) is 0 Å². The summed E-state index contributed by atoms with van der Waals surface area (Å²) in [6.45, 7) is 13.3. The van der Waals surface area contributed by atoms with Gasteiger partial charge in [0.2, 0.25) is 0 Å². The van der Waals surface area contributed by atoms with E-state index >= 15 is 0 Å². The fraction of sp³-hybridized carbons (Fsp3) is 0.769. The third-order valence-corrected chi connectivity index (χ3v) is 1.81. The van der Waals surface area contributed by atoms with Crippen LogP contribution in [0.2, 0.25) is 0 Å². The largest absolute Gasteiger partial charge is 0.511 e. The van der Waals surface area contributed by atoms with Crippen LogP contribution in [0.25, 0.3) is 0 Å². The molecule has 3 nitrogen and oxygen atoms in total. The zero-order valence-corrected chi connectivity index (χ0v) is 14.3. The molecule has 4 heteroatoms. The van der Waals surface area contributed by atoms with Gasteiger partial charge >= 0.3 is 5.78 Å². The first-order valence-corrected chi connectivity index (χ1v) is 5.55. The summed E-state index contributed by atoms with van der Waals surface area (Å²) >= 11 is 0. The number of allylic oxidation sites excluding steroid dienone is 2. The minimum Gasteiger partial charge on any atom is -0.511 e. The molecule has 0 aliphatic heterocycles. The Kier molecular flexibility index (Phi) is 11.6. The topological polar surface area (TPSA) is 61.9 Å². The number of hydrogen-bond donors (Lipinski definition) is 2. The molecular weight excluding hydrogens is 297 g/mol. The van der Waals surface area contributed by atoms with Crippen LogP contribution in [0.4, 0.5) is 0 Å². The van der Waals surface area contributed by atoms with Crippen molar-refractivity contribution < 1.29 is 37.4 Å². The van der Waals surface area contributed by atoms with Gasteiger partial charge in [0.05, 0.1) is 11.5 Å². The second-order valence-corrected chi connectivity index (χ2v) is 5.73. The first-order chi connectivity index (χ1) is 6.96. The zero-order valence-electron chi connectivity index (χ0n) is 12.1. The third kappa shape index (κ3) is 12.2. The van der Waals surface area contributed by atoms with Crippen LogP contribution in [0.1, 0.15) is 48.5 Å². The minimum absolute atomic E-state index is 0. The predicted octanol–water partition coefficient (Wildman–Crippen LogP) is 3.06. The van der Waals surface area contributed by atoms with Crippen LogP contribution in [0.3, 0.4) is 0 Å². The molecule has 0 spiro atoms. The van der Waals surface area contributed by atoms with Crippen molar-refractivity contribution in [1.29, 1.82) is 0 Å².